The van der Waals surface area contributed by atoms with Gasteiger partial charge in [-0.2, -0.15) is 0 Å². The van der Waals surface area contributed by atoms with Gasteiger partial charge in [-0.1, -0.05) is 34.1 Å². The van der Waals surface area contributed by atoms with E-state index in [-0.39, 0.29) is 11.9 Å². The zero-order valence-corrected chi connectivity index (χ0v) is 13.3. The number of rotatable bonds is 6. The van der Waals surface area contributed by atoms with Gasteiger partial charge in [-0.3, -0.25) is 4.79 Å². The van der Waals surface area contributed by atoms with E-state index in [9.17, 15) is 4.79 Å². The molecule has 1 aliphatic rings. The normalized spacial score (nSPS) is 29.3. The fraction of sp³-hybridized carbons (Fsp3) is 0.938. The highest BCUT2D eigenvalue weighted by Crippen LogP contribution is 2.33. The van der Waals surface area contributed by atoms with Crippen molar-refractivity contribution in [1.29, 1.82) is 0 Å². The lowest BCUT2D eigenvalue weighted by Crippen LogP contribution is -2.51. The highest BCUT2D eigenvalue weighted by atomic mass is 16.2. The van der Waals surface area contributed by atoms with E-state index in [0.29, 0.717) is 17.9 Å². The summed E-state index contributed by atoms with van der Waals surface area (Å²) in [7, 11) is 0. The van der Waals surface area contributed by atoms with Crippen LogP contribution in [0.25, 0.3) is 0 Å². The molecule has 4 unspecified atom stereocenters. The van der Waals surface area contributed by atoms with E-state index in [1.54, 1.807) is 0 Å². The van der Waals surface area contributed by atoms with Crippen molar-refractivity contribution >= 4 is 5.91 Å². The molecule has 0 bridgehead atoms. The third-order valence-corrected chi connectivity index (χ3v) is 4.43. The molecule has 0 spiro atoms. The second kappa shape index (κ2) is 7.88. The number of amides is 1. The topological polar surface area (TPSA) is 41.1 Å². The fourth-order valence-corrected chi connectivity index (χ4v) is 3.19. The molecule has 0 aromatic heterocycles. The van der Waals surface area contributed by atoms with Gasteiger partial charge in [0.2, 0.25) is 5.91 Å². The van der Waals surface area contributed by atoms with Crippen molar-refractivity contribution in [2.45, 2.75) is 72.4 Å². The first-order valence-electron chi connectivity index (χ1n) is 7.99. The molecule has 1 saturated carbocycles. The van der Waals surface area contributed by atoms with E-state index in [1.807, 2.05) is 6.92 Å². The Morgan fingerprint density at radius 1 is 1.26 bits per heavy atom. The summed E-state index contributed by atoms with van der Waals surface area (Å²) in [6.45, 7) is 11.8. The number of nitrogens with one attached hydrogen (secondary N) is 2. The van der Waals surface area contributed by atoms with Crippen molar-refractivity contribution in [1.82, 2.24) is 10.6 Å². The predicted molar refractivity (Wildman–Crippen MR) is 81.0 cm³/mol. The largest absolute Gasteiger partial charge is 0.355 e. The summed E-state index contributed by atoms with van der Waals surface area (Å²) < 4.78 is 0. The first-order valence-corrected chi connectivity index (χ1v) is 7.99. The minimum atomic E-state index is -0.0805. The van der Waals surface area contributed by atoms with Crippen molar-refractivity contribution in [3.05, 3.63) is 0 Å². The van der Waals surface area contributed by atoms with Gasteiger partial charge in [0.05, 0.1) is 6.04 Å². The molecule has 0 aliphatic heterocycles. The molecule has 1 aliphatic carbocycles. The van der Waals surface area contributed by atoms with Gasteiger partial charge in [-0.05, 0) is 43.9 Å². The highest BCUT2D eigenvalue weighted by Gasteiger charge is 2.32. The molecule has 2 N–H and O–H groups in total. The van der Waals surface area contributed by atoms with Crippen LogP contribution in [-0.4, -0.2) is 24.5 Å². The Morgan fingerprint density at radius 2 is 1.95 bits per heavy atom. The average molecular weight is 268 g/mol. The molecule has 112 valence electrons. The molecule has 3 nitrogen and oxygen atoms in total. The van der Waals surface area contributed by atoms with Crippen molar-refractivity contribution in [3.63, 3.8) is 0 Å². The van der Waals surface area contributed by atoms with Gasteiger partial charge in [-0.15, -0.1) is 0 Å². The van der Waals surface area contributed by atoms with Crippen LogP contribution < -0.4 is 10.6 Å². The van der Waals surface area contributed by atoms with E-state index in [2.05, 4.69) is 38.3 Å². The van der Waals surface area contributed by atoms with Gasteiger partial charge in [0.15, 0.2) is 0 Å². The van der Waals surface area contributed by atoms with Crippen LogP contribution in [0.2, 0.25) is 0 Å². The monoisotopic (exact) mass is 268 g/mol. The van der Waals surface area contributed by atoms with Crippen LogP contribution in [0.4, 0.5) is 0 Å². The lowest BCUT2D eigenvalue weighted by Gasteiger charge is -2.39. The molecule has 0 aromatic rings. The summed E-state index contributed by atoms with van der Waals surface area (Å²) in [5.41, 5.74) is 0. The lowest BCUT2D eigenvalue weighted by molar-refractivity contribution is -0.123. The van der Waals surface area contributed by atoms with Gasteiger partial charge in [0, 0.05) is 12.6 Å². The van der Waals surface area contributed by atoms with Gasteiger partial charge >= 0.3 is 0 Å². The Bertz CT molecular complexity index is 278. The summed E-state index contributed by atoms with van der Waals surface area (Å²) >= 11 is 0. The van der Waals surface area contributed by atoms with E-state index in [0.717, 1.165) is 18.9 Å². The molecule has 1 fully saturated rings. The van der Waals surface area contributed by atoms with Crippen LogP contribution in [0, 0.1) is 17.8 Å². The molecule has 4 atom stereocenters. The van der Waals surface area contributed by atoms with Gasteiger partial charge in [0.25, 0.3) is 0 Å². The summed E-state index contributed by atoms with van der Waals surface area (Å²) in [6.07, 6.45) is 4.82. The lowest BCUT2D eigenvalue weighted by atomic mass is 9.74. The van der Waals surface area contributed by atoms with Crippen molar-refractivity contribution in [3.8, 4) is 0 Å². The SMILES string of the molecule is CCCNC(=O)C(C)NC1CC(C)CCC1C(C)C. The fourth-order valence-electron chi connectivity index (χ4n) is 3.19. The Balaban J connectivity index is 2.53. The summed E-state index contributed by atoms with van der Waals surface area (Å²) in [6, 6.07) is 0.411. The molecule has 0 radical (unpaired) electrons. The Kier molecular flexibility index (Phi) is 6.84. The number of carbonyl (C=O) groups is 1. The molecular formula is C16H32N2O. The van der Waals surface area contributed by atoms with Crippen LogP contribution in [0.3, 0.4) is 0 Å². The third kappa shape index (κ3) is 5.13. The maximum absolute atomic E-state index is 12.0. The molecule has 1 amide bonds. The summed E-state index contributed by atoms with van der Waals surface area (Å²) in [4.78, 5) is 12.0. The minimum Gasteiger partial charge on any atom is -0.355 e. The molecule has 3 heteroatoms. The van der Waals surface area contributed by atoms with Crippen molar-refractivity contribution in [2.24, 2.45) is 17.8 Å². The second-order valence-corrected chi connectivity index (χ2v) is 6.61. The molecular weight excluding hydrogens is 236 g/mol. The average Bonchev–Trinajstić information content (AvgIpc) is 2.35. The van der Waals surface area contributed by atoms with Crippen molar-refractivity contribution in [2.75, 3.05) is 6.54 Å². The quantitative estimate of drug-likeness (QED) is 0.777. The van der Waals surface area contributed by atoms with E-state index >= 15 is 0 Å². The maximum atomic E-state index is 12.0. The van der Waals surface area contributed by atoms with Crippen LogP contribution in [0.5, 0.6) is 0 Å². The number of hydrogen-bond donors (Lipinski definition) is 2. The predicted octanol–water partition coefficient (Wildman–Crippen LogP) is 2.95. The van der Waals surface area contributed by atoms with Gasteiger partial charge in [0.1, 0.15) is 0 Å². The molecule has 0 heterocycles. The Morgan fingerprint density at radius 3 is 2.53 bits per heavy atom. The molecule has 0 saturated heterocycles. The minimum absolute atomic E-state index is 0.0805. The third-order valence-electron chi connectivity index (χ3n) is 4.43. The first-order chi connectivity index (χ1) is 8.95. The molecule has 0 aromatic carbocycles. The van der Waals surface area contributed by atoms with Gasteiger partial charge in [-0.25, -0.2) is 0 Å². The highest BCUT2D eigenvalue weighted by molar-refractivity contribution is 5.81. The smallest absolute Gasteiger partial charge is 0.236 e. The van der Waals surface area contributed by atoms with E-state index < -0.39 is 0 Å². The zero-order chi connectivity index (χ0) is 14.4. The molecule has 1 rings (SSSR count). The standard InChI is InChI=1S/C16H32N2O/c1-6-9-17-16(19)13(5)18-15-10-12(4)7-8-14(15)11(2)3/h11-15,18H,6-10H2,1-5H3,(H,17,19). The van der Waals surface area contributed by atoms with Crippen LogP contribution in [0.15, 0.2) is 0 Å². The zero-order valence-electron chi connectivity index (χ0n) is 13.3. The maximum Gasteiger partial charge on any atom is 0.236 e. The van der Waals surface area contributed by atoms with Crippen LogP contribution >= 0.6 is 0 Å². The number of hydrogen-bond acceptors (Lipinski definition) is 2. The Hall–Kier alpha value is -0.570. The van der Waals surface area contributed by atoms with E-state index in [1.165, 1.54) is 19.3 Å². The first kappa shape index (κ1) is 16.5. The Labute approximate surface area is 118 Å². The second-order valence-electron chi connectivity index (χ2n) is 6.61. The van der Waals surface area contributed by atoms with Crippen molar-refractivity contribution < 1.29 is 4.79 Å². The summed E-state index contributed by atoms with van der Waals surface area (Å²) in [5, 5.41) is 6.55. The van der Waals surface area contributed by atoms with E-state index in [4.69, 9.17) is 0 Å². The number of carbonyl (C=O) groups excluding carboxylic acids is 1. The van der Waals surface area contributed by atoms with Gasteiger partial charge < -0.3 is 10.6 Å². The molecule has 19 heavy (non-hydrogen) atoms. The van der Waals surface area contributed by atoms with Crippen LogP contribution in [-0.2, 0) is 4.79 Å². The summed E-state index contributed by atoms with van der Waals surface area (Å²) in [5.74, 6) is 2.31. The van der Waals surface area contributed by atoms with Crippen LogP contribution in [0.1, 0.15) is 60.3 Å².